The predicted octanol–water partition coefficient (Wildman–Crippen LogP) is 1.07. The molecule has 4 heteroatoms. The van der Waals surface area contributed by atoms with Gasteiger partial charge in [0.1, 0.15) is 0 Å². The average Bonchev–Trinajstić information content (AvgIpc) is 2.14. The Kier molecular flexibility index (Phi) is 7.39. The van der Waals surface area contributed by atoms with Crippen LogP contribution in [-0.4, -0.2) is 44.8 Å². The third-order valence-electron chi connectivity index (χ3n) is 1.78. The molecule has 0 saturated heterocycles. The number of carbonyl (C=O) groups excluding carboxylic acids is 1. The van der Waals surface area contributed by atoms with E-state index >= 15 is 0 Å². The summed E-state index contributed by atoms with van der Waals surface area (Å²) in [6.07, 6.45) is 2.13. The van der Waals surface area contributed by atoms with E-state index in [1.165, 1.54) is 0 Å². The maximum atomic E-state index is 11.3. The van der Waals surface area contributed by atoms with Gasteiger partial charge in [0.05, 0.1) is 6.61 Å². The van der Waals surface area contributed by atoms with Crippen molar-refractivity contribution in [3.63, 3.8) is 0 Å². The van der Waals surface area contributed by atoms with Crippen LogP contribution in [0.3, 0.4) is 0 Å². The van der Waals surface area contributed by atoms with Gasteiger partial charge in [-0.2, -0.15) is 0 Å². The molecule has 0 atom stereocenters. The van der Waals surface area contributed by atoms with E-state index in [0.717, 1.165) is 19.4 Å². The summed E-state index contributed by atoms with van der Waals surface area (Å²) < 4.78 is 4.87. The Morgan fingerprint density at radius 2 is 2.23 bits per heavy atom. The number of hydrogen-bond donors (Lipinski definition) is 1. The van der Waals surface area contributed by atoms with E-state index < -0.39 is 0 Å². The Labute approximate surface area is 80.2 Å². The lowest BCUT2D eigenvalue weighted by Crippen LogP contribution is -2.39. The second kappa shape index (κ2) is 7.86. The lowest BCUT2D eigenvalue weighted by molar-refractivity contribution is 0.159. The quantitative estimate of drug-likeness (QED) is 0.634. The van der Waals surface area contributed by atoms with Crippen molar-refractivity contribution in [3.8, 4) is 0 Å². The Balaban J connectivity index is 3.45. The molecule has 0 rings (SSSR count). The van der Waals surface area contributed by atoms with Gasteiger partial charge in [-0.05, 0) is 6.42 Å². The minimum atomic E-state index is -0.0227. The van der Waals surface area contributed by atoms with Gasteiger partial charge in [0.2, 0.25) is 0 Å². The lowest BCUT2D eigenvalue weighted by Gasteiger charge is -2.17. The van der Waals surface area contributed by atoms with Crippen molar-refractivity contribution in [2.45, 2.75) is 19.8 Å². The number of carbonyl (C=O) groups is 1. The highest BCUT2D eigenvalue weighted by atomic mass is 16.5. The molecule has 0 bridgehead atoms. The molecule has 0 aromatic carbocycles. The van der Waals surface area contributed by atoms with Crippen LogP contribution < -0.4 is 5.32 Å². The van der Waals surface area contributed by atoms with Gasteiger partial charge < -0.3 is 15.0 Å². The highest BCUT2D eigenvalue weighted by Crippen LogP contribution is 1.87. The molecule has 0 aliphatic heterocycles. The van der Waals surface area contributed by atoms with E-state index in [4.69, 9.17) is 4.74 Å². The van der Waals surface area contributed by atoms with E-state index in [0.29, 0.717) is 13.2 Å². The maximum absolute atomic E-state index is 11.3. The number of nitrogens with one attached hydrogen (secondary N) is 1. The SMILES string of the molecule is CCCCNC(=O)N(C)CCOC. The molecule has 0 aliphatic rings. The van der Waals surface area contributed by atoms with Gasteiger partial charge in [0.25, 0.3) is 0 Å². The highest BCUT2D eigenvalue weighted by Gasteiger charge is 2.05. The van der Waals surface area contributed by atoms with Gasteiger partial charge in [0.15, 0.2) is 0 Å². The number of nitrogens with zero attached hydrogens (tertiary/aromatic N) is 1. The van der Waals surface area contributed by atoms with Crippen LogP contribution in [0, 0.1) is 0 Å². The van der Waals surface area contributed by atoms with Crippen LogP contribution in [0.2, 0.25) is 0 Å². The van der Waals surface area contributed by atoms with E-state index in [1.54, 1.807) is 19.1 Å². The third-order valence-corrected chi connectivity index (χ3v) is 1.78. The van der Waals surface area contributed by atoms with E-state index in [2.05, 4.69) is 12.2 Å². The highest BCUT2D eigenvalue weighted by molar-refractivity contribution is 5.73. The zero-order valence-electron chi connectivity index (χ0n) is 8.80. The van der Waals surface area contributed by atoms with Crippen LogP contribution in [0.25, 0.3) is 0 Å². The van der Waals surface area contributed by atoms with Gasteiger partial charge in [0, 0.05) is 27.2 Å². The summed E-state index contributed by atoms with van der Waals surface area (Å²) in [7, 11) is 3.39. The minimum absolute atomic E-state index is 0.0227. The normalized spacial score (nSPS) is 9.77. The molecule has 0 aromatic rings. The fourth-order valence-electron chi connectivity index (χ4n) is 0.837. The van der Waals surface area contributed by atoms with Crippen molar-refractivity contribution < 1.29 is 9.53 Å². The first kappa shape index (κ1) is 12.2. The van der Waals surface area contributed by atoms with Crippen LogP contribution in [0.1, 0.15) is 19.8 Å². The number of methoxy groups -OCH3 is 1. The first-order chi connectivity index (χ1) is 6.22. The minimum Gasteiger partial charge on any atom is -0.383 e. The molecular formula is C9H20N2O2. The van der Waals surface area contributed by atoms with Gasteiger partial charge in [-0.3, -0.25) is 0 Å². The second-order valence-electron chi connectivity index (χ2n) is 3.00. The molecule has 4 nitrogen and oxygen atoms in total. The molecule has 0 unspecified atom stereocenters. The average molecular weight is 188 g/mol. The molecule has 0 spiro atoms. The fraction of sp³-hybridized carbons (Fsp3) is 0.889. The number of hydrogen-bond acceptors (Lipinski definition) is 2. The van der Waals surface area contributed by atoms with Crippen LogP contribution in [0.4, 0.5) is 4.79 Å². The summed E-state index contributed by atoms with van der Waals surface area (Å²) in [5, 5.41) is 2.82. The summed E-state index contributed by atoms with van der Waals surface area (Å²) in [5.41, 5.74) is 0. The zero-order chi connectivity index (χ0) is 10.1. The van der Waals surface area contributed by atoms with Crippen molar-refractivity contribution in [3.05, 3.63) is 0 Å². The van der Waals surface area contributed by atoms with Crippen molar-refractivity contribution in [2.24, 2.45) is 0 Å². The first-order valence-electron chi connectivity index (χ1n) is 4.70. The number of urea groups is 1. The molecule has 13 heavy (non-hydrogen) atoms. The first-order valence-corrected chi connectivity index (χ1v) is 4.70. The Morgan fingerprint density at radius 3 is 2.77 bits per heavy atom. The maximum Gasteiger partial charge on any atom is 0.317 e. The van der Waals surface area contributed by atoms with Crippen molar-refractivity contribution >= 4 is 6.03 Å². The van der Waals surface area contributed by atoms with Crippen LogP contribution >= 0.6 is 0 Å². The third kappa shape index (κ3) is 6.40. The Morgan fingerprint density at radius 1 is 1.54 bits per heavy atom. The van der Waals surface area contributed by atoms with Gasteiger partial charge in [-0.15, -0.1) is 0 Å². The molecule has 78 valence electrons. The number of unbranched alkanes of at least 4 members (excludes halogenated alkanes) is 1. The molecule has 0 radical (unpaired) electrons. The van der Waals surface area contributed by atoms with Crippen LogP contribution in [0.15, 0.2) is 0 Å². The fourth-order valence-corrected chi connectivity index (χ4v) is 0.837. The summed E-state index contributed by atoms with van der Waals surface area (Å²) in [5.74, 6) is 0. The topological polar surface area (TPSA) is 41.6 Å². The smallest absolute Gasteiger partial charge is 0.317 e. The Hall–Kier alpha value is -0.770. The van der Waals surface area contributed by atoms with Gasteiger partial charge in [-0.25, -0.2) is 4.79 Å². The summed E-state index contributed by atoms with van der Waals surface area (Å²) in [4.78, 5) is 12.9. The zero-order valence-corrected chi connectivity index (χ0v) is 8.80. The summed E-state index contributed by atoms with van der Waals surface area (Å²) >= 11 is 0. The van der Waals surface area contributed by atoms with Crippen LogP contribution in [-0.2, 0) is 4.74 Å². The molecule has 1 N–H and O–H groups in total. The molecule has 2 amide bonds. The Bertz CT molecular complexity index is 140. The van der Waals surface area contributed by atoms with Gasteiger partial charge in [-0.1, -0.05) is 13.3 Å². The summed E-state index contributed by atoms with van der Waals surface area (Å²) in [6.45, 7) is 4.07. The number of amides is 2. The largest absolute Gasteiger partial charge is 0.383 e. The van der Waals surface area contributed by atoms with Gasteiger partial charge >= 0.3 is 6.03 Å². The number of ether oxygens (including phenoxy) is 1. The molecule has 0 aliphatic carbocycles. The van der Waals surface area contributed by atoms with E-state index in [9.17, 15) is 4.79 Å². The predicted molar refractivity (Wildman–Crippen MR) is 52.8 cm³/mol. The van der Waals surface area contributed by atoms with Crippen molar-refractivity contribution in [2.75, 3.05) is 33.9 Å². The van der Waals surface area contributed by atoms with E-state index in [-0.39, 0.29) is 6.03 Å². The molecule has 0 saturated carbocycles. The molecule has 0 heterocycles. The monoisotopic (exact) mass is 188 g/mol. The second-order valence-corrected chi connectivity index (χ2v) is 3.00. The standard InChI is InChI=1S/C9H20N2O2/c1-4-5-6-10-9(12)11(2)7-8-13-3/h4-8H2,1-3H3,(H,10,12). The van der Waals surface area contributed by atoms with E-state index in [1.807, 2.05) is 0 Å². The number of likely N-dealkylation sites (N-methyl/N-ethyl adjacent to an activating group) is 1. The summed E-state index contributed by atoms with van der Waals surface area (Å²) in [6, 6.07) is -0.0227. The molecular weight excluding hydrogens is 168 g/mol. The van der Waals surface area contributed by atoms with Crippen molar-refractivity contribution in [1.82, 2.24) is 10.2 Å². The van der Waals surface area contributed by atoms with Crippen LogP contribution in [0.5, 0.6) is 0 Å². The lowest BCUT2D eigenvalue weighted by atomic mass is 10.3. The molecule has 0 aromatic heterocycles. The number of rotatable bonds is 6. The van der Waals surface area contributed by atoms with Crippen molar-refractivity contribution in [1.29, 1.82) is 0 Å². The molecule has 0 fully saturated rings.